The summed E-state index contributed by atoms with van der Waals surface area (Å²) >= 11 is 0. The van der Waals surface area contributed by atoms with Crippen LogP contribution in [0.2, 0.25) is 0 Å². The largest absolute Gasteiger partial charge is 0.299 e. The molecule has 0 unspecified atom stereocenters. The predicted octanol–water partition coefficient (Wildman–Crippen LogP) is 2.16. The molecule has 0 atom stereocenters. The van der Waals surface area contributed by atoms with Crippen molar-refractivity contribution in [2.75, 3.05) is 0 Å². The Kier molecular flexibility index (Phi) is 1.51. The maximum atomic E-state index is 11.4. The van der Waals surface area contributed by atoms with E-state index < -0.39 is 0 Å². The van der Waals surface area contributed by atoms with Gasteiger partial charge in [0.25, 0.3) is 0 Å². The van der Waals surface area contributed by atoms with Crippen LogP contribution in [0.1, 0.15) is 38.5 Å². The number of hydrogen-bond donors (Lipinski definition) is 0. The van der Waals surface area contributed by atoms with E-state index in [9.17, 15) is 4.79 Å². The number of fused-ring (bicyclic) bond motifs is 2. The molecule has 0 amide bonds. The first kappa shape index (κ1) is 6.38. The second-order valence-electron chi connectivity index (χ2n) is 3.66. The Labute approximate surface area is 61.8 Å². The van der Waals surface area contributed by atoms with Gasteiger partial charge in [0.05, 0.1) is 0 Å². The quantitative estimate of drug-likeness (QED) is 0.501. The monoisotopic (exact) mass is 138 g/mol. The molecular weight excluding hydrogens is 124 g/mol. The summed E-state index contributed by atoms with van der Waals surface area (Å²) in [6.45, 7) is 0. The standard InChI is InChI=1S/C9H14O/c10-9-7-3-1-4-8(9)6-2-5-7/h7-8H,1-6H2. The van der Waals surface area contributed by atoms with Gasteiger partial charge in [0.1, 0.15) is 5.78 Å². The van der Waals surface area contributed by atoms with Gasteiger partial charge in [-0.2, -0.15) is 0 Å². The van der Waals surface area contributed by atoms with Crippen molar-refractivity contribution in [2.24, 2.45) is 11.8 Å². The fraction of sp³-hybridized carbons (Fsp3) is 0.889. The Morgan fingerprint density at radius 2 is 1.30 bits per heavy atom. The highest BCUT2D eigenvalue weighted by molar-refractivity contribution is 5.84. The van der Waals surface area contributed by atoms with E-state index in [-0.39, 0.29) is 0 Å². The van der Waals surface area contributed by atoms with Crippen molar-refractivity contribution in [3.05, 3.63) is 0 Å². The highest BCUT2D eigenvalue weighted by Gasteiger charge is 2.33. The molecule has 2 aliphatic rings. The van der Waals surface area contributed by atoms with Crippen LogP contribution in [0, 0.1) is 11.8 Å². The Hall–Kier alpha value is -0.330. The van der Waals surface area contributed by atoms with Crippen molar-refractivity contribution in [1.82, 2.24) is 0 Å². The SMILES string of the molecule is O=C1C2CCCC1CCC2. The summed E-state index contributed by atoms with van der Waals surface area (Å²) in [5.41, 5.74) is 0. The van der Waals surface area contributed by atoms with Crippen molar-refractivity contribution in [2.45, 2.75) is 38.5 Å². The molecule has 10 heavy (non-hydrogen) atoms. The van der Waals surface area contributed by atoms with E-state index in [0.29, 0.717) is 17.6 Å². The van der Waals surface area contributed by atoms with E-state index >= 15 is 0 Å². The first-order chi connectivity index (χ1) is 4.88. The van der Waals surface area contributed by atoms with Crippen LogP contribution in [0.3, 0.4) is 0 Å². The van der Waals surface area contributed by atoms with E-state index in [1.807, 2.05) is 0 Å². The molecule has 0 aromatic rings. The predicted molar refractivity (Wildman–Crippen MR) is 39.7 cm³/mol. The average molecular weight is 138 g/mol. The maximum absolute atomic E-state index is 11.4. The smallest absolute Gasteiger partial charge is 0.139 e. The molecule has 0 aromatic carbocycles. The van der Waals surface area contributed by atoms with Crippen molar-refractivity contribution < 1.29 is 4.79 Å². The third-order valence-corrected chi connectivity index (χ3v) is 3.02. The number of rotatable bonds is 0. The average Bonchev–Trinajstić information content (AvgIpc) is 1.86. The van der Waals surface area contributed by atoms with E-state index in [2.05, 4.69) is 0 Å². The fourth-order valence-corrected chi connectivity index (χ4v) is 2.41. The Bertz CT molecular complexity index is 127. The minimum Gasteiger partial charge on any atom is -0.299 e. The van der Waals surface area contributed by atoms with Gasteiger partial charge in [-0.25, -0.2) is 0 Å². The summed E-state index contributed by atoms with van der Waals surface area (Å²) in [4.78, 5) is 11.4. The van der Waals surface area contributed by atoms with Crippen LogP contribution in [0.25, 0.3) is 0 Å². The van der Waals surface area contributed by atoms with Gasteiger partial charge in [0.15, 0.2) is 0 Å². The van der Waals surface area contributed by atoms with Crippen LogP contribution in [0.4, 0.5) is 0 Å². The highest BCUT2D eigenvalue weighted by atomic mass is 16.1. The second kappa shape index (κ2) is 2.37. The molecule has 2 aliphatic carbocycles. The molecule has 0 N–H and O–H groups in total. The number of carbonyl (C=O) groups is 1. The Morgan fingerprint density at radius 3 is 1.60 bits per heavy atom. The zero-order chi connectivity index (χ0) is 6.97. The van der Waals surface area contributed by atoms with Crippen LogP contribution in [-0.4, -0.2) is 5.78 Å². The number of ketones is 1. The first-order valence-corrected chi connectivity index (χ1v) is 4.41. The van der Waals surface area contributed by atoms with Gasteiger partial charge in [-0.15, -0.1) is 0 Å². The van der Waals surface area contributed by atoms with Gasteiger partial charge in [-0.3, -0.25) is 4.79 Å². The second-order valence-corrected chi connectivity index (χ2v) is 3.66. The highest BCUT2D eigenvalue weighted by Crippen LogP contribution is 2.36. The van der Waals surface area contributed by atoms with E-state index in [4.69, 9.17) is 0 Å². The van der Waals surface area contributed by atoms with Gasteiger partial charge in [0.2, 0.25) is 0 Å². The van der Waals surface area contributed by atoms with Crippen LogP contribution >= 0.6 is 0 Å². The fourth-order valence-electron chi connectivity index (χ4n) is 2.41. The molecule has 2 saturated carbocycles. The molecule has 1 nitrogen and oxygen atoms in total. The molecule has 0 saturated heterocycles. The van der Waals surface area contributed by atoms with Crippen LogP contribution in [0.15, 0.2) is 0 Å². The molecule has 1 heteroatoms. The third kappa shape index (κ3) is 0.882. The molecule has 0 aliphatic heterocycles. The lowest BCUT2D eigenvalue weighted by Crippen LogP contribution is -2.32. The van der Waals surface area contributed by atoms with Crippen molar-refractivity contribution in [1.29, 1.82) is 0 Å². The normalized spacial score (nSPS) is 39.8. The summed E-state index contributed by atoms with van der Waals surface area (Å²) in [6.07, 6.45) is 7.37. The lowest BCUT2D eigenvalue weighted by molar-refractivity contribution is -0.131. The summed E-state index contributed by atoms with van der Waals surface area (Å²) < 4.78 is 0. The lowest BCUT2D eigenvalue weighted by Gasteiger charge is -2.32. The van der Waals surface area contributed by atoms with Crippen LogP contribution in [-0.2, 0) is 4.79 Å². The van der Waals surface area contributed by atoms with Crippen molar-refractivity contribution in [3.8, 4) is 0 Å². The lowest BCUT2D eigenvalue weighted by atomic mass is 9.71. The third-order valence-electron chi connectivity index (χ3n) is 3.02. The molecule has 2 fully saturated rings. The summed E-state index contributed by atoms with van der Waals surface area (Å²) in [5, 5.41) is 0. The van der Waals surface area contributed by atoms with Crippen molar-refractivity contribution >= 4 is 5.78 Å². The van der Waals surface area contributed by atoms with Gasteiger partial charge < -0.3 is 0 Å². The number of carbonyl (C=O) groups excluding carboxylic acids is 1. The molecule has 56 valence electrons. The zero-order valence-electron chi connectivity index (χ0n) is 6.31. The summed E-state index contributed by atoms with van der Waals surface area (Å²) in [6, 6.07) is 0. The van der Waals surface area contributed by atoms with Gasteiger partial charge >= 0.3 is 0 Å². The van der Waals surface area contributed by atoms with Gasteiger partial charge in [-0.1, -0.05) is 12.8 Å². The molecule has 2 rings (SSSR count). The zero-order valence-corrected chi connectivity index (χ0v) is 6.31. The Balaban J connectivity index is 2.12. The van der Waals surface area contributed by atoms with Crippen LogP contribution < -0.4 is 0 Å². The molecule has 2 bridgehead atoms. The molecule has 0 aromatic heterocycles. The maximum Gasteiger partial charge on any atom is 0.139 e. The molecule has 0 spiro atoms. The van der Waals surface area contributed by atoms with E-state index in [1.165, 1.54) is 38.5 Å². The van der Waals surface area contributed by atoms with Gasteiger partial charge in [-0.05, 0) is 25.7 Å². The van der Waals surface area contributed by atoms with Crippen LogP contribution in [0.5, 0.6) is 0 Å². The van der Waals surface area contributed by atoms with Gasteiger partial charge in [0, 0.05) is 11.8 Å². The number of hydrogen-bond acceptors (Lipinski definition) is 1. The Morgan fingerprint density at radius 1 is 0.900 bits per heavy atom. The molecule has 0 radical (unpaired) electrons. The van der Waals surface area contributed by atoms with E-state index in [1.54, 1.807) is 0 Å². The van der Waals surface area contributed by atoms with E-state index in [0.717, 1.165) is 0 Å². The topological polar surface area (TPSA) is 17.1 Å². The minimum atomic E-state index is 0.479. The minimum absolute atomic E-state index is 0.479. The number of Topliss-reactive ketones (excluding diaryl/α,β-unsaturated/α-hetero) is 1. The summed E-state index contributed by atoms with van der Waals surface area (Å²) in [7, 11) is 0. The molecular formula is C9H14O. The first-order valence-electron chi connectivity index (χ1n) is 4.41. The molecule has 0 heterocycles. The summed E-state index contributed by atoms with van der Waals surface area (Å²) in [5.74, 6) is 1.55. The van der Waals surface area contributed by atoms with Crippen molar-refractivity contribution in [3.63, 3.8) is 0 Å².